The number of rotatable bonds is 3. The van der Waals surface area contributed by atoms with Gasteiger partial charge in [0.05, 0.1) is 0 Å². The number of nitrogens with two attached hydrogens (primary N) is 1. The molecule has 16 heavy (non-hydrogen) atoms. The molecule has 0 bridgehead atoms. The van der Waals surface area contributed by atoms with Crippen molar-refractivity contribution in [2.45, 2.75) is 0 Å². The Kier molecular flexibility index (Phi) is 2.64. The molecule has 2 N–H and O–H groups in total. The van der Waals surface area contributed by atoms with Crippen LogP contribution in [0.1, 0.15) is 0 Å². The zero-order valence-corrected chi connectivity index (χ0v) is 8.60. The van der Waals surface area contributed by atoms with Gasteiger partial charge in [-0.05, 0) is 12.1 Å². The molecule has 0 atom stereocenters. The minimum Gasteiger partial charge on any atom is -0.489 e. The molecule has 0 unspecified atom stereocenters. The molecule has 0 aliphatic carbocycles. The third kappa shape index (κ3) is 1.91. The normalized spacial score (nSPS) is 10.2. The minimum atomic E-state index is -0.467. The highest BCUT2D eigenvalue weighted by Crippen LogP contribution is 2.23. The van der Waals surface area contributed by atoms with Crippen LogP contribution < -0.4 is 16.1 Å². The Labute approximate surface area is 91.9 Å². The molecule has 1 aromatic heterocycles. The van der Waals surface area contributed by atoms with E-state index < -0.39 is 5.63 Å². The zero-order valence-electron chi connectivity index (χ0n) is 8.60. The highest BCUT2D eigenvalue weighted by Gasteiger charge is 2.03. The van der Waals surface area contributed by atoms with Gasteiger partial charge in [0.2, 0.25) is 0 Å². The fourth-order valence-electron chi connectivity index (χ4n) is 1.41. The van der Waals surface area contributed by atoms with Crippen LogP contribution in [0.15, 0.2) is 46.1 Å². The fourth-order valence-corrected chi connectivity index (χ4v) is 1.41. The van der Waals surface area contributed by atoms with E-state index in [0.29, 0.717) is 29.0 Å². The van der Waals surface area contributed by atoms with Crippen molar-refractivity contribution in [3.63, 3.8) is 0 Å². The van der Waals surface area contributed by atoms with Gasteiger partial charge in [0.25, 0.3) is 0 Å². The van der Waals surface area contributed by atoms with Crippen LogP contribution in [0.3, 0.4) is 0 Å². The summed E-state index contributed by atoms with van der Waals surface area (Å²) in [7, 11) is 0. The maximum absolute atomic E-state index is 11.1. The van der Waals surface area contributed by atoms with Crippen molar-refractivity contribution < 1.29 is 9.15 Å². The van der Waals surface area contributed by atoms with Crippen LogP contribution in [0.25, 0.3) is 11.0 Å². The van der Waals surface area contributed by atoms with E-state index >= 15 is 0 Å². The van der Waals surface area contributed by atoms with Crippen LogP contribution in [0.5, 0.6) is 5.75 Å². The zero-order chi connectivity index (χ0) is 11.5. The number of nitrogen functional groups attached to an aromatic ring is 1. The SMILES string of the molecule is C=CCOc1ccc2c(N)cc(=O)oc2c1. The molecular weight excluding hydrogens is 206 g/mol. The Morgan fingerprint density at radius 3 is 3.00 bits per heavy atom. The Morgan fingerprint density at radius 1 is 1.44 bits per heavy atom. The number of anilines is 1. The largest absolute Gasteiger partial charge is 0.489 e. The monoisotopic (exact) mass is 217 g/mol. The van der Waals surface area contributed by atoms with Crippen LogP contribution in [-0.2, 0) is 0 Å². The molecule has 0 aliphatic rings. The standard InChI is InChI=1S/C12H11NO3/c1-2-5-15-8-3-4-9-10(13)7-12(14)16-11(9)6-8/h2-4,6-7H,1,5,13H2. The van der Waals surface area contributed by atoms with Crippen molar-refractivity contribution in [3.8, 4) is 5.75 Å². The highest BCUT2D eigenvalue weighted by molar-refractivity contribution is 5.89. The first-order valence-electron chi connectivity index (χ1n) is 4.78. The Balaban J connectivity index is 2.52. The van der Waals surface area contributed by atoms with E-state index in [4.69, 9.17) is 14.9 Å². The number of ether oxygens (including phenoxy) is 1. The van der Waals surface area contributed by atoms with Gasteiger partial charge in [-0.3, -0.25) is 0 Å². The second kappa shape index (κ2) is 4.10. The lowest BCUT2D eigenvalue weighted by molar-refractivity contribution is 0.363. The summed E-state index contributed by atoms with van der Waals surface area (Å²) in [5.74, 6) is 0.612. The third-order valence-corrected chi connectivity index (χ3v) is 2.12. The summed E-state index contributed by atoms with van der Waals surface area (Å²) in [5.41, 5.74) is 6.05. The number of hydrogen-bond donors (Lipinski definition) is 1. The van der Waals surface area contributed by atoms with Crippen LogP contribution in [0.4, 0.5) is 5.69 Å². The molecule has 82 valence electrons. The minimum absolute atomic E-state index is 0.401. The molecule has 0 aliphatic heterocycles. The molecule has 2 aromatic rings. The molecule has 0 saturated heterocycles. The van der Waals surface area contributed by atoms with Gasteiger partial charge in [-0.2, -0.15) is 0 Å². The summed E-state index contributed by atoms with van der Waals surface area (Å²) < 4.78 is 10.3. The van der Waals surface area contributed by atoms with Crippen LogP contribution in [0.2, 0.25) is 0 Å². The van der Waals surface area contributed by atoms with Crippen molar-refractivity contribution >= 4 is 16.7 Å². The lowest BCUT2D eigenvalue weighted by Gasteiger charge is -2.04. The van der Waals surface area contributed by atoms with Crippen molar-refractivity contribution in [1.82, 2.24) is 0 Å². The average Bonchev–Trinajstić information content (AvgIpc) is 2.25. The van der Waals surface area contributed by atoms with Gasteiger partial charge in [-0.15, -0.1) is 0 Å². The second-order valence-electron chi connectivity index (χ2n) is 3.28. The predicted octanol–water partition coefficient (Wildman–Crippen LogP) is 1.94. The molecule has 4 nitrogen and oxygen atoms in total. The first-order valence-corrected chi connectivity index (χ1v) is 4.78. The second-order valence-corrected chi connectivity index (χ2v) is 3.28. The van der Waals surface area contributed by atoms with E-state index in [-0.39, 0.29) is 0 Å². The summed E-state index contributed by atoms with van der Waals surface area (Å²) in [4.78, 5) is 11.1. The van der Waals surface area contributed by atoms with Crippen LogP contribution >= 0.6 is 0 Å². The van der Waals surface area contributed by atoms with Gasteiger partial charge < -0.3 is 14.9 Å². The Morgan fingerprint density at radius 2 is 2.25 bits per heavy atom. The topological polar surface area (TPSA) is 65.5 Å². The highest BCUT2D eigenvalue weighted by atomic mass is 16.5. The molecule has 0 radical (unpaired) electrons. The lowest BCUT2D eigenvalue weighted by atomic mass is 10.2. The summed E-state index contributed by atoms with van der Waals surface area (Å²) in [5, 5.41) is 0.700. The molecule has 0 fully saturated rings. The maximum Gasteiger partial charge on any atom is 0.338 e. The summed E-state index contributed by atoms with van der Waals surface area (Å²) >= 11 is 0. The van der Waals surface area contributed by atoms with Gasteiger partial charge in [0.15, 0.2) is 0 Å². The number of hydrogen-bond acceptors (Lipinski definition) is 4. The average molecular weight is 217 g/mol. The molecule has 1 heterocycles. The first kappa shape index (κ1) is 10.3. The van der Waals surface area contributed by atoms with E-state index in [1.54, 1.807) is 24.3 Å². The van der Waals surface area contributed by atoms with E-state index in [1.165, 1.54) is 6.07 Å². The maximum atomic E-state index is 11.1. The van der Waals surface area contributed by atoms with Crippen LogP contribution in [-0.4, -0.2) is 6.61 Å². The molecule has 1 aromatic carbocycles. The molecule has 0 saturated carbocycles. The Bertz CT molecular complexity index is 586. The molecule has 4 heteroatoms. The summed E-state index contributed by atoms with van der Waals surface area (Å²) in [6, 6.07) is 6.41. The third-order valence-electron chi connectivity index (χ3n) is 2.12. The van der Waals surface area contributed by atoms with E-state index in [1.807, 2.05) is 0 Å². The van der Waals surface area contributed by atoms with Gasteiger partial charge in [-0.1, -0.05) is 12.7 Å². The molecule has 0 spiro atoms. The smallest absolute Gasteiger partial charge is 0.338 e. The van der Waals surface area contributed by atoms with E-state index in [2.05, 4.69) is 6.58 Å². The van der Waals surface area contributed by atoms with E-state index in [9.17, 15) is 4.79 Å². The number of fused-ring (bicyclic) bond motifs is 1. The van der Waals surface area contributed by atoms with Crippen molar-refractivity contribution in [2.24, 2.45) is 0 Å². The Hall–Kier alpha value is -2.23. The van der Waals surface area contributed by atoms with Gasteiger partial charge >= 0.3 is 5.63 Å². The van der Waals surface area contributed by atoms with Crippen molar-refractivity contribution in [2.75, 3.05) is 12.3 Å². The van der Waals surface area contributed by atoms with E-state index in [0.717, 1.165) is 0 Å². The summed E-state index contributed by atoms with van der Waals surface area (Å²) in [6.45, 7) is 3.95. The van der Waals surface area contributed by atoms with Crippen molar-refractivity contribution in [3.05, 3.63) is 47.3 Å². The lowest BCUT2D eigenvalue weighted by Crippen LogP contribution is -2.00. The van der Waals surface area contributed by atoms with Gasteiger partial charge in [-0.25, -0.2) is 4.79 Å². The fraction of sp³-hybridized carbons (Fsp3) is 0.0833. The predicted molar refractivity (Wildman–Crippen MR) is 62.6 cm³/mol. The van der Waals surface area contributed by atoms with Crippen LogP contribution in [0, 0.1) is 0 Å². The van der Waals surface area contributed by atoms with Gasteiger partial charge in [0.1, 0.15) is 17.9 Å². The molecule has 0 amide bonds. The summed E-state index contributed by atoms with van der Waals surface area (Å²) in [6.07, 6.45) is 1.64. The molecular formula is C12H11NO3. The first-order chi connectivity index (χ1) is 7.70. The van der Waals surface area contributed by atoms with Gasteiger partial charge in [0, 0.05) is 23.2 Å². The quantitative estimate of drug-likeness (QED) is 0.630. The van der Waals surface area contributed by atoms with Crippen molar-refractivity contribution in [1.29, 1.82) is 0 Å². The number of benzene rings is 1. The molecule has 2 rings (SSSR count).